The van der Waals surface area contributed by atoms with Gasteiger partial charge in [-0.05, 0) is 21.0 Å². The second-order valence-electron chi connectivity index (χ2n) is 5.43. The standard InChI is InChI=1S/C13H25N3O4/c1-11-8-16(6-7-20-11)12(17)9-15(10-13(18)19)5-4-14(2)3/h11H,4-10H2,1-3H3,(H,18,19). The highest BCUT2D eigenvalue weighted by Crippen LogP contribution is 2.05. The van der Waals surface area contributed by atoms with E-state index in [9.17, 15) is 9.59 Å². The molecule has 1 atom stereocenters. The van der Waals surface area contributed by atoms with Crippen LogP contribution in [0.25, 0.3) is 0 Å². The molecule has 1 unspecified atom stereocenters. The third-order valence-electron chi connectivity index (χ3n) is 3.17. The van der Waals surface area contributed by atoms with Gasteiger partial charge in [0, 0.05) is 26.2 Å². The Hall–Kier alpha value is -1.18. The summed E-state index contributed by atoms with van der Waals surface area (Å²) in [4.78, 5) is 28.5. The summed E-state index contributed by atoms with van der Waals surface area (Å²) in [5, 5.41) is 8.91. The number of carbonyl (C=O) groups excluding carboxylic acids is 1. The van der Waals surface area contributed by atoms with Gasteiger partial charge >= 0.3 is 5.97 Å². The van der Waals surface area contributed by atoms with Crippen LogP contribution in [-0.4, -0.2) is 97.8 Å². The van der Waals surface area contributed by atoms with E-state index in [2.05, 4.69) is 0 Å². The van der Waals surface area contributed by atoms with Crippen molar-refractivity contribution < 1.29 is 19.4 Å². The van der Waals surface area contributed by atoms with Crippen LogP contribution in [0.5, 0.6) is 0 Å². The monoisotopic (exact) mass is 287 g/mol. The van der Waals surface area contributed by atoms with Crippen LogP contribution in [0, 0.1) is 0 Å². The zero-order valence-electron chi connectivity index (χ0n) is 12.5. The fourth-order valence-electron chi connectivity index (χ4n) is 2.08. The molecule has 7 heteroatoms. The van der Waals surface area contributed by atoms with Gasteiger partial charge in [0.1, 0.15) is 0 Å². The summed E-state index contributed by atoms with van der Waals surface area (Å²) in [6, 6.07) is 0. The normalized spacial score (nSPS) is 19.6. The van der Waals surface area contributed by atoms with Crippen molar-refractivity contribution in [2.45, 2.75) is 13.0 Å². The van der Waals surface area contributed by atoms with Crippen LogP contribution in [0.4, 0.5) is 0 Å². The molecule has 0 aliphatic carbocycles. The van der Waals surface area contributed by atoms with E-state index in [-0.39, 0.29) is 25.1 Å². The van der Waals surface area contributed by atoms with Gasteiger partial charge in [0.15, 0.2) is 0 Å². The van der Waals surface area contributed by atoms with Crippen LogP contribution in [-0.2, 0) is 14.3 Å². The number of carbonyl (C=O) groups is 2. The Morgan fingerprint density at radius 2 is 2.00 bits per heavy atom. The summed E-state index contributed by atoms with van der Waals surface area (Å²) in [6.07, 6.45) is 0.0439. The van der Waals surface area contributed by atoms with Crippen LogP contribution in [0.3, 0.4) is 0 Å². The van der Waals surface area contributed by atoms with Gasteiger partial charge in [-0.2, -0.15) is 0 Å². The number of rotatable bonds is 7. The lowest BCUT2D eigenvalue weighted by atomic mass is 10.3. The number of nitrogens with zero attached hydrogens (tertiary/aromatic N) is 3. The van der Waals surface area contributed by atoms with Crippen LogP contribution in [0.2, 0.25) is 0 Å². The molecular weight excluding hydrogens is 262 g/mol. The van der Waals surface area contributed by atoms with Crippen molar-refractivity contribution >= 4 is 11.9 Å². The number of morpholine rings is 1. The highest BCUT2D eigenvalue weighted by Gasteiger charge is 2.23. The maximum absolute atomic E-state index is 12.2. The van der Waals surface area contributed by atoms with E-state index in [1.54, 1.807) is 9.80 Å². The molecular formula is C13H25N3O4. The fourth-order valence-corrected chi connectivity index (χ4v) is 2.08. The Bertz CT molecular complexity index is 336. The number of carboxylic acid groups (broad SMARTS) is 1. The lowest BCUT2D eigenvalue weighted by Crippen LogP contribution is -2.49. The number of likely N-dealkylation sites (N-methyl/N-ethyl adjacent to an activating group) is 1. The molecule has 1 aliphatic rings. The van der Waals surface area contributed by atoms with Crippen molar-refractivity contribution in [3.63, 3.8) is 0 Å². The van der Waals surface area contributed by atoms with E-state index in [4.69, 9.17) is 9.84 Å². The van der Waals surface area contributed by atoms with E-state index >= 15 is 0 Å². The predicted octanol–water partition coefficient (Wildman–Crippen LogP) is -0.818. The number of ether oxygens (including phenoxy) is 1. The van der Waals surface area contributed by atoms with Gasteiger partial charge in [-0.1, -0.05) is 0 Å². The minimum atomic E-state index is -0.910. The smallest absolute Gasteiger partial charge is 0.317 e. The van der Waals surface area contributed by atoms with Gasteiger partial charge < -0.3 is 19.6 Å². The number of hydrogen-bond donors (Lipinski definition) is 1. The van der Waals surface area contributed by atoms with Gasteiger partial charge in [0.05, 0.1) is 25.8 Å². The molecule has 0 spiro atoms. The van der Waals surface area contributed by atoms with E-state index in [1.165, 1.54) is 0 Å². The predicted molar refractivity (Wildman–Crippen MR) is 74.6 cm³/mol. The molecule has 0 aromatic heterocycles. The average Bonchev–Trinajstić information content (AvgIpc) is 2.35. The summed E-state index contributed by atoms with van der Waals surface area (Å²) in [7, 11) is 3.84. The molecule has 0 aromatic carbocycles. The van der Waals surface area contributed by atoms with E-state index in [0.29, 0.717) is 26.2 Å². The van der Waals surface area contributed by atoms with Crippen LogP contribution in [0.1, 0.15) is 6.92 Å². The summed E-state index contributed by atoms with van der Waals surface area (Å²) < 4.78 is 5.40. The molecule has 1 rings (SSSR count). The second kappa shape index (κ2) is 8.18. The molecule has 0 bridgehead atoms. The summed E-state index contributed by atoms with van der Waals surface area (Å²) in [6.45, 7) is 4.95. The average molecular weight is 287 g/mol. The van der Waals surface area contributed by atoms with E-state index in [0.717, 1.165) is 6.54 Å². The maximum Gasteiger partial charge on any atom is 0.317 e. The molecule has 20 heavy (non-hydrogen) atoms. The molecule has 1 aliphatic heterocycles. The quantitative estimate of drug-likeness (QED) is 0.660. The molecule has 7 nitrogen and oxygen atoms in total. The zero-order valence-corrected chi connectivity index (χ0v) is 12.5. The number of amides is 1. The first-order chi connectivity index (χ1) is 9.38. The summed E-state index contributed by atoms with van der Waals surface area (Å²) in [5.74, 6) is -0.938. The van der Waals surface area contributed by atoms with Crippen molar-refractivity contribution in [2.75, 3.05) is 60.0 Å². The third kappa shape index (κ3) is 6.31. The lowest BCUT2D eigenvalue weighted by Gasteiger charge is -2.33. The minimum absolute atomic E-state index is 0.0276. The molecule has 1 amide bonds. The van der Waals surface area contributed by atoms with Gasteiger partial charge in [0.2, 0.25) is 5.91 Å². The first-order valence-corrected chi connectivity index (χ1v) is 6.86. The second-order valence-corrected chi connectivity index (χ2v) is 5.43. The SMILES string of the molecule is CC1CN(C(=O)CN(CCN(C)C)CC(=O)O)CCO1. The minimum Gasteiger partial charge on any atom is -0.480 e. The van der Waals surface area contributed by atoms with Crippen molar-refractivity contribution in [3.05, 3.63) is 0 Å². The van der Waals surface area contributed by atoms with Crippen LogP contribution >= 0.6 is 0 Å². The molecule has 1 heterocycles. The highest BCUT2D eigenvalue weighted by molar-refractivity contribution is 5.79. The maximum atomic E-state index is 12.2. The van der Waals surface area contributed by atoms with Crippen LogP contribution < -0.4 is 0 Å². The molecule has 0 aromatic rings. The van der Waals surface area contributed by atoms with Crippen molar-refractivity contribution in [3.8, 4) is 0 Å². The Morgan fingerprint density at radius 1 is 1.30 bits per heavy atom. The lowest BCUT2D eigenvalue weighted by molar-refractivity contribution is -0.142. The highest BCUT2D eigenvalue weighted by atomic mass is 16.5. The van der Waals surface area contributed by atoms with Crippen LogP contribution in [0.15, 0.2) is 0 Å². The molecule has 1 saturated heterocycles. The first-order valence-electron chi connectivity index (χ1n) is 6.86. The molecule has 116 valence electrons. The van der Waals surface area contributed by atoms with Gasteiger partial charge in [-0.15, -0.1) is 0 Å². The van der Waals surface area contributed by atoms with E-state index < -0.39 is 5.97 Å². The van der Waals surface area contributed by atoms with Crippen molar-refractivity contribution in [1.29, 1.82) is 0 Å². The first kappa shape index (κ1) is 16.9. The third-order valence-corrected chi connectivity index (χ3v) is 3.17. The number of carboxylic acids is 1. The molecule has 1 N–H and O–H groups in total. The Kier molecular flexibility index (Phi) is 6.90. The Balaban J connectivity index is 2.49. The van der Waals surface area contributed by atoms with Crippen molar-refractivity contribution in [1.82, 2.24) is 14.7 Å². The zero-order chi connectivity index (χ0) is 15.1. The van der Waals surface area contributed by atoms with Crippen molar-refractivity contribution in [2.24, 2.45) is 0 Å². The fraction of sp³-hybridized carbons (Fsp3) is 0.846. The molecule has 1 fully saturated rings. The number of aliphatic carboxylic acids is 1. The Morgan fingerprint density at radius 3 is 2.55 bits per heavy atom. The van der Waals surface area contributed by atoms with E-state index in [1.807, 2.05) is 25.9 Å². The Labute approximate surface area is 120 Å². The summed E-state index contributed by atoms with van der Waals surface area (Å²) >= 11 is 0. The topological polar surface area (TPSA) is 73.3 Å². The van der Waals surface area contributed by atoms with Gasteiger partial charge in [-0.3, -0.25) is 14.5 Å². The molecule has 0 saturated carbocycles. The van der Waals surface area contributed by atoms with Gasteiger partial charge in [-0.25, -0.2) is 0 Å². The largest absolute Gasteiger partial charge is 0.480 e. The summed E-state index contributed by atoms with van der Waals surface area (Å²) in [5.41, 5.74) is 0. The number of hydrogen-bond acceptors (Lipinski definition) is 5. The van der Waals surface area contributed by atoms with Gasteiger partial charge in [0.25, 0.3) is 0 Å². The molecule has 0 radical (unpaired) electrons.